The standard InChI is InChI=1S/C11H20N4S.HI/c1-5-15(6-2)11(12)13-7-10-8(3)14-9(4)16-10;/h5-7H2,1-4H3,(H2,12,13);1H. The topological polar surface area (TPSA) is 54.5 Å². The maximum atomic E-state index is 5.90. The van der Waals surface area contributed by atoms with Crippen LogP contribution in [0.2, 0.25) is 0 Å². The highest BCUT2D eigenvalue weighted by atomic mass is 127. The minimum Gasteiger partial charge on any atom is -0.370 e. The molecule has 1 heterocycles. The first kappa shape index (κ1) is 16.6. The lowest BCUT2D eigenvalue weighted by Gasteiger charge is -2.19. The van der Waals surface area contributed by atoms with Gasteiger partial charge in [0.15, 0.2) is 5.96 Å². The van der Waals surface area contributed by atoms with Gasteiger partial charge in [-0.05, 0) is 27.7 Å². The van der Waals surface area contributed by atoms with Crippen LogP contribution in [0.1, 0.15) is 29.4 Å². The van der Waals surface area contributed by atoms with Crippen molar-refractivity contribution in [2.75, 3.05) is 13.1 Å². The zero-order chi connectivity index (χ0) is 12.1. The van der Waals surface area contributed by atoms with Crippen LogP contribution in [0.5, 0.6) is 0 Å². The summed E-state index contributed by atoms with van der Waals surface area (Å²) in [5.74, 6) is 0.621. The van der Waals surface area contributed by atoms with Gasteiger partial charge in [0.2, 0.25) is 0 Å². The van der Waals surface area contributed by atoms with Gasteiger partial charge in [0.1, 0.15) is 0 Å². The maximum Gasteiger partial charge on any atom is 0.191 e. The Morgan fingerprint density at radius 3 is 2.35 bits per heavy atom. The van der Waals surface area contributed by atoms with Gasteiger partial charge in [0, 0.05) is 18.0 Å². The smallest absolute Gasteiger partial charge is 0.191 e. The van der Waals surface area contributed by atoms with Gasteiger partial charge in [-0.15, -0.1) is 35.3 Å². The van der Waals surface area contributed by atoms with Gasteiger partial charge >= 0.3 is 0 Å². The molecule has 0 bridgehead atoms. The molecule has 0 spiro atoms. The molecule has 1 aromatic rings. The van der Waals surface area contributed by atoms with E-state index in [-0.39, 0.29) is 24.0 Å². The van der Waals surface area contributed by atoms with E-state index in [4.69, 9.17) is 5.73 Å². The van der Waals surface area contributed by atoms with E-state index in [0.29, 0.717) is 12.5 Å². The zero-order valence-corrected chi connectivity index (χ0v) is 14.0. The second-order valence-corrected chi connectivity index (χ2v) is 4.88. The van der Waals surface area contributed by atoms with Gasteiger partial charge in [-0.1, -0.05) is 0 Å². The quantitative estimate of drug-likeness (QED) is 0.505. The van der Waals surface area contributed by atoms with Crippen molar-refractivity contribution in [3.05, 3.63) is 15.6 Å². The Kier molecular flexibility index (Phi) is 7.69. The number of hydrogen-bond acceptors (Lipinski definition) is 3. The molecule has 0 aliphatic heterocycles. The van der Waals surface area contributed by atoms with Crippen LogP contribution in [-0.4, -0.2) is 28.9 Å². The van der Waals surface area contributed by atoms with Crippen LogP contribution in [0.15, 0.2) is 4.99 Å². The third kappa shape index (κ3) is 4.79. The van der Waals surface area contributed by atoms with Crippen LogP contribution >= 0.6 is 35.3 Å². The Morgan fingerprint density at radius 2 is 1.94 bits per heavy atom. The van der Waals surface area contributed by atoms with E-state index in [1.54, 1.807) is 11.3 Å². The van der Waals surface area contributed by atoms with E-state index in [1.807, 2.05) is 18.7 Å². The van der Waals surface area contributed by atoms with E-state index in [0.717, 1.165) is 23.8 Å². The molecular formula is C11H21IN4S. The average Bonchev–Trinajstić information content (AvgIpc) is 2.56. The van der Waals surface area contributed by atoms with Gasteiger partial charge in [-0.3, -0.25) is 0 Å². The fraction of sp³-hybridized carbons (Fsp3) is 0.636. The number of guanidine groups is 1. The molecule has 0 aromatic carbocycles. The normalized spacial score (nSPS) is 11.2. The SMILES string of the molecule is CCN(CC)C(N)=NCc1sc(C)nc1C.I. The van der Waals surface area contributed by atoms with Crippen LogP contribution in [-0.2, 0) is 6.54 Å². The summed E-state index contributed by atoms with van der Waals surface area (Å²) in [7, 11) is 0. The molecule has 0 fully saturated rings. The molecule has 0 aliphatic carbocycles. The van der Waals surface area contributed by atoms with Crippen molar-refractivity contribution in [3.63, 3.8) is 0 Å². The first-order valence-corrected chi connectivity index (χ1v) is 6.37. The first-order valence-electron chi connectivity index (χ1n) is 5.56. The molecule has 1 aromatic heterocycles. The molecule has 2 N–H and O–H groups in total. The molecule has 6 heteroatoms. The van der Waals surface area contributed by atoms with E-state index in [9.17, 15) is 0 Å². The summed E-state index contributed by atoms with van der Waals surface area (Å²) in [6.45, 7) is 10.6. The molecule has 4 nitrogen and oxygen atoms in total. The van der Waals surface area contributed by atoms with Crippen LogP contribution in [0.25, 0.3) is 0 Å². The summed E-state index contributed by atoms with van der Waals surface area (Å²) in [6.07, 6.45) is 0. The number of aliphatic imine (C=N–C) groups is 1. The number of aromatic nitrogens is 1. The zero-order valence-electron chi connectivity index (χ0n) is 10.9. The number of aryl methyl sites for hydroxylation is 2. The highest BCUT2D eigenvalue weighted by molar-refractivity contribution is 14.0. The van der Waals surface area contributed by atoms with Crippen molar-refractivity contribution in [1.82, 2.24) is 9.88 Å². The number of halogens is 1. The van der Waals surface area contributed by atoms with Crippen molar-refractivity contribution in [3.8, 4) is 0 Å². The van der Waals surface area contributed by atoms with Crippen molar-refractivity contribution in [2.24, 2.45) is 10.7 Å². The van der Waals surface area contributed by atoms with Crippen LogP contribution in [0.4, 0.5) is 0 Å². The molecule has 0 unspecified atom stereocenters. The summed E-state index contributed by atoms with van der Waals surface area (Å²) in [5.41, 5.74) is 6.97. The first-order chi connectivity index (χ1) is 7.58. The molecule has 0 saturated heterocycles. The number of thiazole rings is 1. The Labute approximate surface area is 124 Å². The van der Waals surface area contributed by atoms with Crippen LogP contribution in [0.3, 0.4) is 0 Å². The lowest BCUT2D eigenvalue weighted by atomic mass is 10.4. The number of nitrogens with two attached hydrogens (primary N) is 1. The average molecular weight is 368 g/mol. The summed E-state index contributed by atoms with van der Waals surface area (Å²) < 4.78 is 0. The second kappa shape index (κ2) is 7.86. The summed E-state index contributed by atoms with van der Waals surface area (Å²) in [6, 6.07) is 0. The van der Waals surface area contributed by atoms with Gasteiger partial charge in [0.05, 0.1) is 17.2 Å². The third-order valence-electron chi connectivity index (χ3n) is 2.47. The van der Waals surface area contributed by atoms with Crippen molar-refractivity contribution < 1.29 is 0 Å². The molecule has 17 heavy (non-hydrogen) atoms. The van der Waals surface area contributed by atoms with Crippen molar-refractivity contribution in [2.45, 2.75) is 34.2 Å². The molecule has 0 aliphatic rings. The predicted octanol–water partition coefficient (Wildman–Crippen LogP) is 2.53. The highest BCUT2D eigenvalue weighted by Crippen LogP contribution is 2.17. The number of rotatable bonds is 4. The van der Waals surface area contributed by atoms with Crippen LogP contribution in [0, 0.1) is 13.8 Å². The largest absolute Gasteiger partial charge is 0.370 e. The van der Waals surface area contributed by atoms with Gasteiger partial charge < -0.3 is 10.6 Å². The molecule has 0 saturated carbocycles. The van der Waals surface area contributed by atoms with Crippen molar-refractivity contribution in [1.29, 1.82) is 0 Å². The molecular weight excluding hydrogens is 347 g/mol. The van der Waals surface area contributed by atoms with E-state index >= 15 is 0 Å². The Balaban J connectivity index is 0.00000256. The lowest BCUT2D eigenvalue weighted by Crippen LogP contribution is -2.37. The van der Waals surface area contributed by atoms with Crippen molar-refractivity contribution >= 4 is 41.3 Å². The van der Waals surface area contributed by atoms with E-state index in [2.05, 4.69) is 23.8 Å². The minimum absolute atomic E-state index is 0. The monoisotopic (exact) mass is 368 g/mol. The van der Waals surface area contributed by atoms with Crippen LogP contribution < -0.4 is 5.73 Å². The fourth-order valence-corrected chi connectivity index (χ4v) is 2.38. The summed E-state index contributed by atoms with van der Waals surface area (Å²) in [4.78, 5) is 12.0. The molecule has 98 valence electrons. The summed E-state index contributed by atoms with van der Waals surface area (Å²) >= 11 is 1.69. The molecule has 0 amide bonds. The van der Waals surface area contributed by atoms with E-state index < -0.39 is 0 Å². The molecule has 1 rings (SSSR count). The summed E-state index contributed by atoms with van der Waals surface area (Å²) in [5, 5.41) is 1.09. The van der Waals surface area contributed by atoms with Gasteiger partial charge in [-0.2, -0.15) is 0 Å². The Hall–Kier alpha value is -0.370. The predicted molar refractivity (Wildman–Crippen MR) is 85.3 cm³/mol. The third-order valence-corrected chi connectivity index (χ3v) is 3.53. The lowest BCUT2D eigenvalue weighted by molar-refractivity contribution is 0.458. The molecule has 0 radical (unpaired) electrons. The maximum absolute atomic E-state index is 5.90. The second-order valence-electron chi connectivity index (χ2n) is 3.59. The Bertz CT molecular complexity index is 372. The molecule has 0 atom stereocenters. The highest BCUT2D eigenvalue weighted by Gasteiger charge is 2.05. The van der Waals surface area contributed by atoms with Gasteiger partial charge in [0.25, 0.3) is 0 Å². The number of hydrogen-bond donors (Lipinski definition) is 1. The Morgan fingerprint density at radius 1 is 1.35 bits per heavy atom. The van der Waals surface area contributed by atoms with Gasteiger partial charge in [-0.25, -0.2) is 9.98 Å². The number of nitrogens with zero attached hydrogens (tertiary/aromatic N) is 3. The van der Waals surface area contributed by atoms with E-state index in [1.165, 1.54) is 4.88 Å². The minimum atomic E-state index is 0. The fourth-order valence-electron chi connectivity index (χ4n) is 1.52.